The Kier molecular flexibility index (Phi) is 5.12. The summed E-state index contributed by atoms with van der Waals surface area (Å²) in [7, 11) is 0. The molecule has 0 radical (unpaired) electrons. The number of nitrogens with one attached hydrogen (secondary N) is 1. The number of carboxylic acids is 1. The quantitative estimate of drug-likeness (QED) is 0.840. The molecule has 1 rings (SSSR count). The van der Waals surface area contributed by atoms with Crippen LogP contribution < -0.4 is 5.32 Å². The van der Waals surface area contributed by atoms with Gasteiger partial charge in [0.05, 0.1) is 0 Å². The van der Waals surface area contributed by atoms with Crippen LogP contribution in [0.1, 0.15) is 5.56 Å². The Morgan fingerprint density at radius 1 is 1.33 bits per heavy atom. The summed E-state index contributed by atoms with van der Waals surface area (Å²) in [4.78, 5) is 22.2. The number of halogens is 4. The molecule has 0 unspecified atom stereocenters. The molecule has 0 saturated heterocycles. The maximum absolute atomic E-state index is 13.3. The molecule has 0 aromatic heterocycles. The number of carbonyl (C=O) groups is 2. The first-order valence-corrected chi connectivity index (χ1v) is 5.69. The van der Waals surface area contributed by atoms with Crippen molar-refractivity contribution in [1.29, 1.82) is 0 Å². The number of anilines is 1. The lowest BCUT2D eigenvalue weighted by atomic mass is 10.2. The highest BCUT2D eigenvalue weighted by atomic mass is 19.4. The third-order valence-corrected chi connectivity index (χ3v) is 2.41. The molecule has 116 valence electrons. The van der Waals surface area contributed by atoms with Gasteiger partial charge in [-0.05, 0) is 24.6 Å². The van der Waals surface area contributed by atoms with Gasteiger partial charge >= 0.3 is 18.2 Å². The molecule has 0 bridgehead atoms. The highest BCUT2D eigenvalue weighted by Gasteiger charge is 2.34. The number of aliphatic carboxylic acids is 1. The molecule has 0 aliphatic heterocycles. The van der Waals surface area contributed by atoms with Crippen LogP contribution >= 0.6 is 0 Å². The van der Waals surface area contributed by atoms with E-state index in [-0.39, 0.29) is 10.6 Å². The second-order valence-corrected chi connectivity index (χ2v) is 4.26. The number of hydrogen-bond acceptors (Lipinski definition) is 2. The molecule has 0 heterocycles. The van der Waals surface area contributed by atoms with Crippen molar-refractivity contribution in [3.05, 3.63) is 29.6 Å². The molecular weight excluding hydrogens is 296 g/mol. The van der Waals surface area contributed by atoms with Crippen molar-refractivity contribution in [2.24, 2.45) is 0 Å². The van der Waals surface area contributed by atoms with Crippen LogP contribution in [0.15, 0.2) is 18.2 Å². The Balaban J connectivity index is 2.84. The zero-order valence-electron chi connectivity index (χ0n) is 10.9. The predicted molar refractivity (Wildman–Crippen MR) is 65.4 cm³/mol. The summed E-state index contributed by atoms with van der Waals surface area (Å²) in [5.74, 6) is -2.24. The number of hydrogen-bond donors (Lipinski definition) is 2. The van der Waals surface area contributed by atoms with Gasteiger partial charge in [0.1, 0.15) is 18.9 Å². The lowest BCUT2D eigenvalue weighted by Crippen LogP contribution is -2.44. The van der Waals surface area contributed by atoms with Gasteiger partial charge in [0, 0.05) is 5.69 Å². The summed E-state index contributed by atoms with van der Waals surface area (Å²) in [6.45, 7) is -1.37. The molecule has 0 fully saturated rings. The third-order valence-electron chi connectivity index (χ3n) is 2.41. The van der Waals surface area contributed by atoms with Crippen molar-refractivity contribution in [1.82, 2.24) is 4.90 Å². The molecular formula is C12H12F4N2O3. The fraction of sp³-hybridized carbons (Fsp3) is 0.333. The van der Waals surface area contributed by atoms with E-state index in [1.807, 2.05) is 5.32 Å². The molecule has 0 spiro atoms. The van der Waals surface area contributed by atoms with E-state index in [0.717, 1.165) is 6.07 Å². The first-order valence-electron chi connectivity index (χ1n) is 5.69. The lowest BCUT2D eigenvalue weighted by molar-refractivity contribution is -0.148. The first kappa shape index (κ1) is 16.7. The van der Waals surface area contributed by atoms with Crippen LogP contribution in [-0.4, -0.2) is 41.3 Å². The molecule has 9 heteroatoms. The minimum absolute atomic E-state index is 0.0688. The van der Waals surface area contributed by atoms with E-state index in [4.69, 9.17) is 5.11 Å². The van der Waals surface area contributed by atoms with Gasteiger partial charge < -0.3 is 15.3 Å². The monoisotopic (exact) mass is 308 g/mol. The number of amides is 2. The van der Waals surface area contributed by atoms with Crippen LogP contribution in [0.2, 0.25) is 0 Å². The maximum Gasteiger partial charge on any atom is 0.406 e. The van der Waals surface area contributed by atoms with E-state index < -0.39 is 37.1 Å². The van der Waals surface area contributed by atoms with E-state index in [1.165, 1.54) is 19.1 Å². The molecule has 2 amide bonds. The average molecular weight is 308 g/mol. The van der Waals surface area contributed by atoms with Crippen molar-refractivity contribution in [3.63, 3.8) is 0 Å². The number of nitrogens with zero attached hydrogens (tertiary/aromatic N) is 1. The lowest BCUT2D eigenvalue weighted by Gasteiger charge is -2.22. The molecule has 0 aliphatic carbocycles. The van der Waals surface area contributed by atoms with E-state index in [0.29, 0.717) is 5.56 Å². The summed E-state index contributed by atoms with van der Waals surface area (Å²) in [6.07, 6.45) is -4.74. The summed E-state index contributed by atoms with van der Waals surface area (Å²) >= 11 is 0. The van der Waals surface area contributed by atoms with Gasteiger partial charge in [0.2, 0.25) is 0 Å². The van der Waals surface area contributed by atoms with Crippen molar-refractivity contribution < 1.29 is 32.3 Å². The van der Waals surface area contributed by atoms with Crippen molar-refractivity contribution in [3.8, 4) is 0 Å². The normalized spacial score (nSPS) is 11.1. The molecule has 21 heavy (non-hydrogen) atoms. The number of alkyl halides is 3. The molecule has 0 saturated carbocycles. The summed E-state index contributed by atoms with van der Waals surface area (Å²) in [6, 6.07) is 2.27. The Morgan fingerprint density at radius 3 is 2.43 bits per heavy atom. The highest BCUT2D eigenvalue weighted by molar-refractivity contribution is 5.91. The summed E-state index contributed by atoms with van der Waals surface area (Å²) < 4.78 is 50.2. The zero-order valence-corrected chi connectivity index (χ0v) is 10.9. The van der Waals surface area contributed by atoms with E-state index >= 15 is 0 Å². The largest absolute Gasteiger partial charge is 0.480 e. The van der Waals surface area contributed by atoms with Gasteiger partial charge in [-0.1, -0.05) is 6.07 Å². The van der Waals surface area contributed by atoms with Crippen molar-refractivity contribution >= 4 is 17.7 Å². The van der Waals surface area contributed by atoms with Gasteiger partial charge in [-0.25, -0.2) is 9.18 Å². The molecule has 5 nitrogen and oxygen atoms in total. The summed E-state index contributed by atoms with van der Waals surface area (Å²) in [5.41, 5.74) is 0.228. The number of carboxylic acid groups (broad SMARTS) is 1. The van der Waals surface area contributed by atoms with E-state index in [1.54, 1.807) is 0 Å². The Bertz CT molecular complexity index is 546. The SMILES string of the molecule is Cc1ccc(NC(=O)N(CC(=O)O)CC(F)(F)F)cc1F. The van der Waals surface area contributed by atoms with Crippen LogP contribution in [-0.2, 0) is 4.79 Å². The number of carbonyl (C=O) groups excluding carboxylic acids is 1. The van der Waals surface area contributed by atoms with Crippen LogP contribution in [0.25, 0.3) is 0 Å². The van der Waals surface area contributed by atoms with E-state index in [9.17, 15) is 27.2 Å². The van der Waals surface area contributed by atoms with Crippen LogP contribution in [0.4, 0.5) is 28.0 Å². The highest BCUT2D eigenvalue weighted by Crippen LogP contribution is 2.18. The standard InChI is InChI=1S/C12H12F4N2O3/c1-7-2-3-8(4-9(7)13)17-11(21)18(5-10(19)20)6-12(14,15)16/h2-4H,5-6H2,1H3,(H,17,21)(H,19,20). The predicted octanol–water partition coefficient (Wildman–Crippen LogP) is 2.61. The molecule has 1 aromatic carbocycles. The Hall–Kier alpha value is -2.32. The van der Waals surface area contributed by atoms with E-state index in [2.05, 4.69) is 0 Å². The van der Waals surface area contributed by atoms with Gasteiger partial charge in [-0.15, -0.1) is 0 Å². The third kappa shape index (κ3) is 5.67. The second kappa shape index (κ2) is 6.42. The van der Waals surface area contributed by atoms with Crippen LogP contribution in [0.5, 0.6) is 0 Å². The molecule has 1 aromatic rings. The number of rotatable bonds is 4. The van der Waals surface area contributed by atoms with Gasteiger partial charge in [0.25, 0.3) is 0 Å². The fourth-order valence-corrected chi connectivity index (χ4v) is 1.45. The van der Waals surface area contributed by atoms with Crippen LogP contribution in [0.3, 0.4) is 0 Å². The molecule has 0 aliphatic rings. The Morgan fingerprint density at radius 2 is 1.95 bits per heavy atom. The molecule has 2 N–H and O–H groups in total. The van der Waals surface area contributed by atoms with Gasteiger partial charge in [0.15, 0.2) is 0 Å². The Labute approximate surface area is 117 Å². The van der Waals surface area contributed by atoms with Crippen molar-refractivity contribution in [2.75, 3.05) is 18.4 Å². The average Bonchev–Trinajstić information content (AvgIpc) is 2.30. The van der Waals surface area contributed by atoms with Crippen molar-refractivity contribution in [2.45, 2.75) is 13.1 Å². The number of urea groups is 1. The first-order chi connectivity index (χ1) is 9.58. The smallest absolute Gasteiger partial charge is 0.406 e. The topological polar surface area (TPSA) is 69.6 Å². The zero-order chi connectivity index (χ0) is 16.2. The van der Waals surface area contributed by atoms with Gasteiger partial charge in [-0.3, -0.25) is 4.79 Å². The van der Waals surface area contributed by atoms with Crippen LogP contribution in [0, 0.1) is 12.7 Å². The minimum Gasteiger partial charge on any atom is -0.480 e. The van der Waals surface area contributed by atoms with Gasteiger partial charge in [-0.2, -0.15) is 13.2 Å². The maximum atomic E-state index is 13.3. The second-order valence-electron chi connectivity index (χ2n) is 4.26. The number of benzene rings is 1. The molecule has 0 atom stereocenters. The minimum atomic E-state index is -4.74. The fourth-order valence-electron chi connectivity index (χ4n) is 1.45. The number of aryl methyl sites for hydroxylation is 1. The summed E-state index contributed by atoms with van der Waals surface area (Å²) in [5, 5.41) is 10.5.